The van der Waals surface area contributed by atoms with Gasteiger partial charge in [-0.3, -0.25) is 0 Å². The van der Waals surface area contributed by atoms with E-state index in [1.165, 1.54) is 33.0 Å². The highest BCUT2D eigenvalue weighted by atomic mass is 79.9. The molecule has 4 nitrogen and oxygen atoms in total. The molecule has 8 heteroatoms. The predicted octanol–water partition coefficient (Wildman–Crippen LogP) is 3.28. The van der Waals surface area contributed by atoms with Crippen LogP contribution in [0, 0.1) is 0 Å². The van der Waals surface area contributed by atoms with E-state index in [1.54, 1.807) is 0 Å². The molecule has 0 aliphatic heterocycles. The quantitative estimate of drug-likeness (QED) is 0.816. The number of halogens is 1. The number of hydrogen-bond acceptors (Lipinski definition) is 5. The summed E-state index contributed by atoms with van der Waals surface area (Å²) in [5.41, 5.74) is 0. The van der Waals surface area contributed by atoms with Crippen LogP contribution in [-0.2, 0) is 23.2 Å². The fourth-order valence-corrected chi connectivity index (χ4v) is 6.45. The first-order chi connectivity index (χ1) is 9.48. The van der Waals surface area contributed by atoms with Crippen LogP contribution in [0.1, 0.15) is 16.7 Å². The maximum atomic E-state index is 12.7. The van der Waals surface area contributed by atoms with Gasteiger partial charge in [-0.15, -0.1) is 22.7 Å². The van der Waals surface area contributed by atoms with Crippen molar-refractivity contribution in [2.75, 3.05) is 6.54 Å². The molecular weight excluding hydrogens is 382 g/mol. The number of hydrogen-bond donors (Lipinski definition) is 1. The first kappa shape index (κ1) is 16.1. The average Bonchev–Trinajstić information content (AvgIpc) is 3.04. The molecule has 0 aliphatic carbocycles. The number of sulfonamides is 1. The maximum Gasteiger partial charge on any atom is 0.245 e. The highest BCUT2D eigenvalue weighted by Crippen LogP contribution is 2.34. The van der Waals surface area contributed by atoms with Gasteiger partial charge >= 0.3 is 0 Å². The zero-order valence-corrected chi connectivity index (χ0v) is 14.8. The van der Waals surface area contributed by atoms with Crippen LogP contribution in [0.2, 0.25) is 0 Å². The zero-order valence-electron chi connectivity index (χ0n) is 10.7. The Balaban J connectivity index is 2.33. The Hall–Kier alpha value is -0.250. The van der Waals surface area contributed by atoms with Crippen LogP contribution in [0.25, 0.3) is 0 Å². The molecule has 2 aromatic rings. The molecule has 0 saturated heterocycles. The van der Waals surface area contributed by atoms with E-state index in [0.29, 0.717) is 21.8 Å². The van der Waals surface area contributed by atoms with Gasteiger partial charge in [0.25, 0.3) is 0 Å². The standard InChI is InChI=1S/C12H14BrNO3S3/c1-2-14(7-9-4-3-5-18-9)20(16,17)11-6-10(8-15)19-12(11)13/h3-6,15H,2,7-8H2,1H3. The van der Waals surface area contributed by atoms with Crippen molar-refractivity contribution in [1.82, 2.24) is 4.31 Å². The first-order valence-electron chi connectivity index (χ1n) is 5.90. The van der Waals surface area contributed by atoms with Crippen molar-refractivity contribution in [3.8, 4) is 0 Å². The van der Waals surface area contributed by atoms with Crippen molar-refractivity contribution in [1.29, 1.82) is 0 Å². The third kappa shape index (κ3) is 3.32. The fourth-order valence-electron chi connectivity index (χ4n) is 1.73. The topological polar surface area (TPSA) is 57.6 Å². The van der Waals surface area contributed by atoms with Crippen LogP contribution < -0.4 is 0 Å². The van der Waals surface area contributed by atoms with E-state index >= 15 is 0 Å². The largest absolute Gasteiger partial charge is 0.391 e. The molecule has 2 rings (SSSR count). The smallest absolute Gasteiger partial charge is 0.245 e. The van der Waals surface area contributed by atoms with Crippen LogP contribution in [-0.4, -0.2) is 24.4 Å². The highest BCUT2D eigenvalue weighted by Gasteiger charge is 2.27. The normalized spacial score (nSPS) is 12.2. The second-order valence-corrected chi connectivity index (χ2v) is 9.41. The summed E-state index contributed by atoms with van der Waals surface area (Å²) >= 11 is 6.05. The minimum absolute atomic E-state index is 0.157. The van der Waals surface area contributed by atoms with Crippen molar-refractivity contribution in [3.05, 3.63) is 37.1 Å². The lowest BCUT2D eigenvalue weighted by Crippen LogP contribution is -2.30. The van der Waals surface area contributed by atoms with Crippen molar-refractivity contribution < 1.29 is 13.5 Å². The van der Waals surface area contributed by atoms with E-state index in [0.717, 1.165) is 4.88 Å². The lowest BCUT2D eigenvalue weighted by molar-refractivity contribution is 0.285. The number of thiophene rings is 2. The lowest BCUT2D eigenvalue weighted by Gasteiger charge is -2.19. The molecule has 0 bridgehead atoms. The molecule has 0 saturated carbocycles. The summed E-state index contributed by atoms with van der Waals surface area (Å²) in [5, 5.41) is 11.1. The Morgan fingerprint density at radius 2 is 2.15 bits per heavy atom. The van der Waals surface area contributed by atoms with E-state index in [9.17, 15) is 8.42 Å². The SMILES string of the molecule is CCN(Cc1cccs1)S(=O)(=O)c1cc(CO)sc1Br. The predicted molar refractivity (Wildman–Crippen MR) is 85.5 cm³/mol. The molecule has 0 aliphatic rings. The fraction of sp³-hybridized carbons (Fsp3) is 0.333. The third-order valence-electron chi connectivity index (χ3n) is 2.75. The molecule has 1 N–H and O–H groups in total. The zero-order chi connectivity index (χ0) is 14.8. The molecule has 2 aromatic heterocycles. The molecule has 0 radical (unpaired) electrons. The summed E-state index contributed by atoms with van der Waals surface area (Å²) in [4.78, 5) is 1.86. The van der Waals surface area contributed by atoms with Crippen LogP contribution in [0.4, 0.5) is 0 Å². The Kier molecular flexibility index (Phi) is 5.38. The average molecular weight is 396 g/mol. The second kappa shape index (κ2) is 6.67. The van der Waals surface area contributed by atoms with Gasteiger partial charge < -0.3 is 5.11 Å². The molecule has 0 unspecified atom stereocenters. The summed E-state index contributed by atoms with van der Waals surface area (Å²) < 4.78 is 27.3. The number of rotatable bonds is 6. The molecular formula is C12H14BrNO3S3. The monoisotopic (exact) mass is 395 g/mol. The Morgan fingerprint density at radius 1 is 1.40 bits per heavy atom. The molecule has 0 aromatic carbocycles. The number of aliphatic hydroxyl groups is 1. The minimum Gasteiger partial charge on any atom is -0.391 e. The van der Waals surface area contributed by atoms with Gasteiger partial charge in [-0.25, -0.2) is 8.42 Å². The van der Waals surface area contributed by atoms with Crippen LogP contribution in [0.5, 0.6) is 0 Å². The van der Waals surface area contributed by atoms with Crippen molar-refractivity contribution >= 4 is 48.6 Å². The van der Waals surface area contributed by atoms with Gasteiger partial charge in [-0.05, 0) is 33.4 Å². The van der Waals surface area contributed by atoms with Crippen molar-refractivity contribution in [2.24, 2.45) is 0 Å². The van der Waals surface area contributed by atoms with Crippen LogP contribution in [0.3, 0.4) is 0 Å². The third-order valence-corrected chi connectivity index (χ3v) is 7.76. The Bertz CT molecular complexity index is 664. The maximum absolute atomic E-state index is 12.7. The van der Waals surface area contributed by atoms with Crippen LogP contribution in [0.15, 0.2) is 32.3 Å². The van der Waals surface area contributed by atoms with Crippen molar-refractivity contribution in [3.63, 3.8) is 0 Å². The van der Waals surface area contributed by atoms with E-state index in [4.69, 9.17) is 5.11 Å². The summed E-state index contributed by atoms with van der Waals surface area (Å²) in [7, 11) is -3.55. The van der Waals surface area contributed by atoms with Gasteiger partial charge in [0.1, 0.15) is 4.90 Å². The van der Waals surface area contributed by atoms with Gasteiger partial charge in [-0.1, -0.05) is 13.0 Å². The second-order valence-electron chi connectivity index (χ2n) is 4.02. The molecule has 0 amide bonds. The molecule has 0 fully saturated rings. The molecule has 2 heterocycles. The Morgan fingerprint density at radius 3 is 2.65 bits per heavy atom. The van der Waals surface area contributed by atoms with Gasteiger partial charge in [0.15, 0.2) is 0 Å². The first-order valence-corrected chi connectivity index (χ1v) is 9.83. The minimum atomic E-state index is -3.55. The Labute approximate surface area is 134 Å². The molecule has 110 valence electrons. The van der Waals surface area contributed by atoms with Gasteiger partial charge in [0, 0.05) is 22.8 Å². The number of nitrogens with zero attached hydrogens (tertiary/aromatic N) is 1. The van der Waals surface area contributed by atoms with E-state index < -0.39 is 10.0 Å². The summed E-state index contributed by atoms with van der Waals surface area (Å²) in [6.07, 6.45) is 0. The van der Waals surface area contributed by atoms with Gasteiger partial charge in [0.05, 0.1) is 10.4 Å². The summed E-state index contributed by atoms with van der Waals surface area (Å²) in [6, 6.07) is 5.36. The van der Waals surface area contributed by atoms with Crippen molar-refractivity contribution in [2.45, 2.75) is 25.0 Å². The lowest BCUT2D eigenvalue weighted by atomic mass is 10.4. The molecule has 0 atom stereocenters. The van der Waals surface area contributed by atoms with E-state index in [1.807, 2.05) is 24.4 Å². The highest BCUT2D eigenvalue weighted by molar-refractivity contribution is 9.11. The van der Waals surface area contributed by atoms with Gasteiger partial charge in [-0.2, -0.15) is 4.31 Å². The number of aliphatic hydroxyl groups excluding tert-OH is 1. The van der Waals surface area contributed by atoms with Gasteiger partial charge in [0.2, 0.25) is 10.0 Å². The van der Waals surface area contributed by atoms with E-state index in [2.05, 4.69) is 15.9 Å². The van der Waals surface area contributed by atoms with Crippen LogP contribution >= 0.6 is 38.6 Å². The van der Waals surface area contributed by atoms with E-state index in [-0.39, 0.29) is 11.5 Å². The summed E-state index contributed by atoms with van der Waals surface area (Å²) in [6.45, 7) is 2.43. The summed E-state index contributed by atoms with van der Waals surface area (Å²) in [5.74, 6) is 0. The molecule has 20 heavy (non-hydrogen) atoms. The molecule has 0 spiro atoms.